The van der Waals surface area contributed by atoms with E-state index in [0.717, 1.165) is 0 Å². The number of likely N-dealkylation sites (N-methyl/N-ethyl adjacent to an activating group) is 1. The largest absolute Gasteiger partial charge is 0.304 e. The van der Waals surface area contributed by atoms with Gasteiger partial charge in [-0.1, -0.05) is 47.9 Å². The fourth-order valence-electron chi connectivity index (χ4n) is 3.41. The minimum absolute atomic E-state index is 0.473. The van der Waals surface area contributed by atoms with Gasteiger partial charge in [0.25, 0.3) is 0 Å². The Bertz CT molecular complexity index is 229. The van der Waals surface area contributed by atoms with Crippen LogP contribution in [0.3, 0.4) is 0 Å². The molecule has 0 aromatic rings. The van der Waals surface area contributed by atoms with Crippen molar-refractivity contribution in [2.24, 2.45) is 0 Å². The molecule has 0 amide bonds. The van der Waals surface area contributed by atoms with E-state index in [2.05, 4.69) is 52.1 Å². The Kier molecular flexibility index (Phi) is 7.80. The molecular weight excluding hydrogens is 335 g/mol. The highest BCUT2D eigenvalue weighted by Gasteiger charge is 2.37. The van der Waals surface area contributed by atoms with E-state index in [-0.39, 0.29) is 0 Å². The van der Waals surface area contributed by atoms with Crippen molar-refractivity contribution in [3.63, 3.8) is 0 Å². The maximum Gasteiger partial charge on any atom is 0.0244 e. The van der Waals surface area contributed by atoms with Crippen LogP contribution in [0.25, 0.3) is 0 Å². The van der Waals surface area contributed by atoms with Crippen LogP contribution in [-0.4, -0.2) is 53.5 Å². The zero-order valence-electron chi connectivity index (χ0n) is 12.1. The van der Waals surface area contributed by atoms with Crippen molar-refractivity contribution in [2.75, 3.05) is 38.2 Å². The van der Waals surface area contributed by atoms with Crippen molar-refractivity contribution >= 4 is 22.6 Å². The van der Waals surface area contributed by atoms with E-state index in [4.69, 9.17) is 0 Å². The Balaban J connectivity index is 0.000000771. The van der Waals surface area contributed by atoms with Gasteiger partial charge in [0.05, 0.1) is 0 Å². The average Bonchev–Trinajstić information content (AvgIpc) is 2.43. The molecule has 2 nitrogen and oxygen atoms in total. The zero-order chi connectivity index (χ0) is 13.4. The van der Waals surface area contributed by atoms with Gasteiger partial charge in [-0.05, 0) is 31.2 Å². The molecule has 0 radical (unpaired) electrons. The summed E-state index contributed by atoms with van der Waals surface area (Å²) in [6.07, 6.45) is 10.4. The second kappa shape index (κ2) is 8.54. The number of piperazine rings is 1. The first-order valence-electron chi connectivity index (χ1n) is 7.19. The van der Waals surface area contributed by atoms with Crippen molar-refractivity contribution in [2.45, 2.75) is 44.1 Å². The number of nitrogens with zero attached hydrogens (tertiary/aromatic N) is 2. The lowest BCUT2D eigenvalue weighted by Crippen LogP contribution is -2.57. The molecule has 0 unspecified atom stereocenters. The van der Waals surface area contributed by atoms with Gasteiger partial charge in [0.1, 0.15) is 0 Å². The zero-order valence-corrected chi connectivity index (χ0v) is 14.3. The van der Waals surface area contributed by atoms with Gasteiger partial charge in [0.2, 0.25) is 0 Å². The molecule has 1 saturated heterocycles. The maximum atomic E-state index is 3.97. The third-order valence-corrected chi connectivity index (χ3v) is 4.48. The van der Waals surface area contributed by atoms with Gasteiger partial charge in [-0.15, -0.1) is 6.58 Å². The number of hydrogen-bond acceptors (Lipinski definition) is 2. The molecule has 2 aliphatic rings. The molecule has 3 heteroatoms. The molecule has 0 aromatic heterocycles. The van der Waals surface area contributed by atoms with Crippen LogP contribution in [-0.2, 0) is 0 Å². The second-order valence-corrected chi connectivity index (χ2v) is 5.57. The van der Waals surface area contributed by atoms with Crippen LogP contribution in [0.2, 0.25) is 0 Å². The molecule has 0 spiro atoms. The van der Waals surface area contributed by atoms with Crippen molar-refractivity contribution in [1.29, 1.82) is 0 Å². The van der Waals surface area contributed by atoms with Crippen LogP contribution >= 0.6 is 22.6 Å². The Labute approximate surface area is 127 Å². The van der Waals surface area contributed by atoms with Crippen molar-refractivity contribution < 1.29 is 0 Å². The summed E-state index contributed by atoms with van der Waals surface area (Å²) in [5.41, 5.74) is 0.473. The SMILES string of the molecule is C=CCC1(N2CCN(C)CC2)CCCCC1.CI. The average molecular weight is 364 g/mol. The third kappa shape index (κ3) is 4.20. The maximum absolute atomic E-state index is 3.97. The van der Waals surface area contributed by atoms with E-state index in [1.807, 2.05) is 4.93 Å². The fraction of sp³-hybridized carbons (Fsp3) is 0.867. The number of hydrogen-bond donors (Lipinski definition) is 0. The molecule has 1 heterocycles. The van der Waals surface area contributed by atoms with Crippen molar-refractivity contribution in [3.05, 3.63) is 12.7 Å². The molecule has 18 heavy (non-hydrogen) atoms. The minimum Gasteiger partial charge on any atom is -0.304 e. The monoisotopic (exact) mass is 364 g/mol. The van der Waals surface area contributed by atoms with Crippen molar-refractivity contribution in [1.82, 2.24) is 9.80 Å². The summed E-state index contributed by atoms with van der Waals surface area (Å²) in [5.74, 6) is 0. The standard InChI is InChI=1S/C14H26N2.CH3I/c1-3-7-14(8-5-4-6-9-14)16-12-10-15(2)11-13-16;1-2/h3H,1,4-13H2,2H3;1H3. The molecule has 0 N–H and O–H groups in total. The lowest BCUT2D eigenvalue weighted by Gasteiger charge is -2.49. The van der Waals surface area contributed by atoms with E-state index >= 15 is 0 Å². The Hall–Kier alpha value is 0.390. The molecule has 0 aromatic carbocycles. The third-order valence-electron chi connectivity index (χ3n) is 4.48. The molecular formula is C15H29IN2. The smallest absolute Gasteiger partial charge is 0.0244 e. The highest BCUT2D eigenvalue weighted by molar-refractivity contribution is 14.1. The lowest BCUT2D eigenvalue weighted by molar-refractivity contribution is 0.0153. The van der Waals surface area contributed by atoms with Crippen LogP contribution in [0.15, 0.2) is 12.7 Å². The topological polar surface area (TPSA) is 6.48 Å². The summed E-state index contributed by atoms with van der Waals surface area (Å²) in [6.45, 7) is 8.95. The predicted octanol–water partition coefficient (Wildman–Crippen LogP) is 3.56. The van der Waals surface area contributed by atoms with Gasteiger partial charge in [-0.2, -0.15) is 0 Å². The first-order valence-corrected chi connectivity index (χ1v) is 9.35. The van der Waals surface area contributed by atoms with Crippen molar-refractivity contribution in [3.8, 4) is 0 Å². The van der Waals surface area contributed by atoms with Gasteiger partial charge in [-0.25, -0.2) is 0 Å². The van der Waals surface area contributed by atoms with Gasteiger partial charge in [0.15, 0.2) is 0 Å². The Morgan fingerprint density at radius 2 is 1.61 bits per heavy atom. The summed E-state index contributed by atoms with van der Waals surface area (Å²) in [7, 11) is 2.23. The molecule has 2 fully saturated rings. The summed E-state index contributed by atoms with van der Waals surface area (Å²) < 4.78 is 0. The summed E-state index contributed by atoms with van der Waals surface area (Å²) in [5, 5.41) is 0. The highest BCUT2D eigenvalue weighted by Crippen LogP contribution is 2.37. The Morgan fingerprint density at radius 3 is 2.11 bits per heavy atom. The summed E-state index contributed by atoms with van der Waals surface area (Å²) in [6, 6.07) is 0. The number of halogens is 1. The second-order valence-electron chi connectivity index (χ2n) is 5.57. The summed E-state index contributed by atoms with van der Waals surface area (Å²) in [4.78, 5) is 7.17. The first-order chi connectivity index (χ1) is 8.77. The molecule has 106 valence electrons. The fourth-order valence-corrected chi connectivity index (χ4v) is 3.41. The molecule has 1 saturated carbocycles. The van der Waals surface area contributed by atoms with E-state index in [0.29, 0.717) is 5.54 Å². The minimum atomic E-state index is 0.473. The first kappa shape index (κ1) is 16.4. The van der Waals surface area contributed by atoms with Gasteiger partial charge >= 0.3 is 0 Å². The van der Waals surface area contributed by atoms with E-state index in [1.54, 1.807) is 0 Å². The van der Waals surface area contributed by atoms with Crippen LogP contribution < -0.4 is 0 Å². The quantitative estimate of drug-likeness (QED) is 0.429. The normalized spacial score (nSPS) is 25.1. The molecule has 1 aliphatic carbocycles. The van der Waals surface area contributed by atoms with E-state index in [1.165, 1.54) is 64.7 Å². The van der Waals surface area contributed by atoms with E-state index < -0.39 is 0 Å². The Morgan fingerprint density at radius 1 is 1.06 bits per heavy atom. The molecule has 1 aliphatic heterocycles. The molecule has 0 bridgehead atoms. The van der Waals surface area contributed by atoms with Gasteiger partial charge in [-0.3, -0.25) is 4.90 Å². The van der Waals surface area contributed by atoms with Gasteiger partial charge in [0, 0.05) is 31.7 Å². The van der Waals surface area contributed by atoms with Crippen LogP contribution in [0.5, 0.6) is 0 Å². The van der Waals surface area contributed by atoms with E-state index in [9.17, 15) is 0 Å². The van der Waals surface area contributed by atoms with Crippen LogP contribution in [0.1, 0.15) is 38.5 Å². The number of alkyl halides is 1. The number of rotatable bonds is 3. The predicted molar refractivity (Wildman–Crippen MR) is 89.6 cm³/mol. The lowest BCUT2D eigenvalue weighted by atomic mass is 9.77. The summed E-state index contributed by atoms with van der Waals surface area (Å²) >= 11 is 2.15. The highest BCUT2D eigenvalue weighted by atomic mass is 127. The molecule has 0 atom stereocenters. The van der Waals surface area contributed by atoms with Crippen LogP contribution in [0, 0.1) is 0 Å². The molecule has 2 rings (SSSR count). The van der Waals surface area contributed by atoms with Gasteiger partial charge < -0.3 is 4.90 Å². The van der Waals surface area contributed by atoms with Crippen LogP contribution in [0.4, 0.5) is 0 Å².